The Morgan fingerprint density at radius 3 is 2.89 bits per heavy atom. The number of hydrogen-bond acceptors (Lipinski definition) is 3. The van der Waals surface area contributed by atoms with Crippen LogP contribution in [0, 0.1) is 0 Å². The molecule has 0 aliphatic rings. The van der Waals surface area contributed by atoms with Crippen LogP contribution in [-0.4, -0.2) is 21.9 Å². The number of carbonyl (C=O) groups excluding carboxylic acids is 1. The average Bonchev–Trinajstić information content (AvgIpc) is 3.00. The third-order valence-electron chi connectivity index (χ3n) is 2.72. The van der Waals surface area contributed by atoms with E-state index in [1.165, 1.54) is 0 Å². The van der Waals surface area contributed by atoms with E-state index >= 15 is 0 Å². The minimum atomic E-state index is -0.152. The fourth-order valence-electron chi connectivity index (χ4n) is 1.81. The van der Waals surface area contributed by atoms with E-state index in [4.69, 9.17) is 0 Å². The van der Waals surface area contributed by atoms with Gasteiger partial charge in [-0.05, 0) is 31.4 Å². The van der Waals surface area contributed by atoms with Gasteiger partial charge in [0.1, 0.15) is 0 Å². The van der Waals surface area contributed by atoms with Gasteiger partial charge in [0, 0.05) is 23.3 Å². The summed E-state index contributed by atoms with van der Waals surface area (Å²) in [6, 6.07) is 5.76. The van der Waals surface area contributed by atoms with Crippen LogP contribution >= 0.6 is 11.3 Å². The van der Waals surface area contributed by atoms with Crippen LogP contribution in [0.15, 0.2) is 36.0 Å². The van der Waals surface area contributed by atoms with Crippen LogP contribution < -0.4 is 10.6 Å². The molecule has 19 heavy (non-hydrogen) atoms. The van der Waals surface area contributed by atoms with Gasteiger partial charge in [-0.2, -0.15) is 5.10 Å². The lowest BCUT2D eigenvalue weighted by Gasteiger charge is -2.17. The maximum atomic E-state index is 11.8. The van der Waals surface area contributed by atoms with E-state index in [0.29, 0.717) is 6.54 Å². The summed E-state index contributed by atoms with van der Waals surface area (Å²) in [5.74, 6) is 0. The van der Waals surface area contributed by atoms with Gasteiger partial charge < -0.3 is 10.6 Å². The van der Waals surface area contributed by atoms with Gasteiger partial charge in [-0.3, -0.25) is 4.68 Å². The molecule has 2 aromatic heterocycles. The monoisotopic (exact) mass is 278 g/mol. The van der Waals surface area contributed by atoms with Gasteiger partial charge in [0.25, 0.3) is 0 Å². The Morgan fingerprint density at radius 2 is 2.26 bits per heavy atom. The van der Waals surface area contributed by atoms with Crippen molar-refractivity contribution in [2.24, 2.45) is 0 Å². The first-order valence-electron chi connectivity index (χ1n) is 6.23. The normalized spacial score (nSPS) is 13.8. The number of rotatable bonds is 5. The quantitative estimate of drug-likeness (QED) is 0.882. The summed E-state index contributed by atoms with van der Waals surface area (Å²) in [5.41, 5.74) is 0. The minimum absolute atomic E-state index is 0.0236. The molecule has 0 aromatic carbocycles. The number of carbonyl (C=O) groups is 1. The van der Waals surface area contributed by atoms with Crippen molar-refractivity contribution < 1.29 is 4.79 Å². The summed E-state index contributed by atoms with van der Waals surface area (Å²) in [6.07, 6.45) is 3.61. The lowest BCUT2D eigenvalue weighted by Crippen LogP contribution is -2.43. The standard InChI is InChI=1S/C13H18N4OS/c1-10(9-17-7-4-6-14-17)15-13(18)16-11(2)12-5-3-8-19-12/h3-8,10-11H,9H2,1-2H3,(H2,15,16,18)/t10-,11+/m0/s1. The first-order valence-corrected chi connectivity index (χ1v) is 7.11. The molecule has 102 valence electrons. The highest BCUT2D eigenvalue weighted by Crippen LogP contribution is 2.17. The Morgan fingerprint density at radius 1 is 1.42 bits per heavy atom. The molecule has 0 saturated carbocycles. The molecule has 2 amide bonds. The van der Waals surface area contributed by atoms with Crippen molar-refractivity contribution in [2.75, 3.05) is 0 Å². The predicted molar refractivity (Wildman–Crippen MR) is 76.1 cm³/mol. The molecule has 0 saturated heterocycles. The van der Waals surface area contributed by atoms with Crippen molar-refractivity contribution >= 4 is 17.4 Å². The van der Waals surface area contributed by atoms with E-state index in [1.807, 2.05) is 43.6 Å². The fraction of sp³-hybridized carbons (Fsp3) is 0.385. The van der Waals surface area contributed by atoms with E-state index in [-0.39, 0.29) is 18.1 Å². The molecule has 2 atom stereocenters. The number of aromatic nitrogens is 2. The van der Waals surface area contributed by atoms with E-state index in [0.717, 1.165) is 4.88 Å². The van der Waals surface area contributed by atoms with Crippen molar-refractivity contribution in [3.05, 3.63) is 40.8 Å². The van der Waals surface area contributed by atoms with Crippen molar-refractivity contribution in [3.8, 4) is 0 Å². The molecule has 2 rings (SSSR count). The van der Waals surface area contributed by atoms with Gasteiger partial charge in [-0.1, -0.05) is 6.07 Å². The minimum Gasteiger partial charge on any atom is -0.334 e. The van der Waals surface area contributed by atoms with E-state index in [2.05, 4.69) is 15.7 Å². The number of hydrogen-bond donors (Lipinski definition) is 2. The van der Waals surface area contributed by atoms with Gasteiger partial charge in [-0.15, -0.1) is 11.3 Å². The molecule has 0 unspecified atom stereocenters. The first kappa shape index (κ1) is 13.6. The zero-order valence-electron chi connectivity index (χ0n) is 11.0. The van der Waals surface area contributed by atoms with Crippen LogP contribution in [0.5, 0.6) is 0 Å². The Kier molecular flexibility index (Phi) is 4.57. The summed E-state index contributed by atoms with van der Waals surface area (Å²) in [7, 11) is 0. The highest BCUT2D eigenvalue weighted by Gasteiger charge is 2.12. The van der Waals surface area contributed by atoms with Gasteiger partial charge in [-0.25, -0.2) is 4.79 Å². The van der Waals surface area contributed by atoms with Crippen molar-refractivity contribution in [3.63, 3.8) is 0 Å². The Balaban J connectivity index is 1.77. The molecule has 2 heterocycles. The number of urea groups is 1. The molecule has 0 radical (unpaired) electrons. The second-order valence-electron chi connectivity index (χ2n) is 4.48. The number of amides is 2. The molecule has 0 spiro atoms. The summed E-state index contributed by atoms with van der Waals surface area (Å²) in [4.78, 5) is 13.0. The lowest BCUT2D eigenvalue weighted by molar-refractivity contribution is 0.233. The van der Waals surface area contributed by atoms with Gasteiger partial charge in [0.05, 0.1) is 12.6 Å². The van der Waals surface area contributed by atoms with Gasteiger partial charge >= 0.3 is 6.03 Å². The van der Waals surface area contributed by atoms with E-state index in [1.54, 1.807) is 22.2 Å². The zero-order valence-corrected chi connectivity index (χ0v) is 11.9. The van der Waals surface area contributed by atoms with Crippen molar-refractivity contribution in [2.45, 2.75) is 32.5 Å². The van der Waals surface area contributed by atoms with Crippen LogP contribution in [0.25, 0.3) is 0 Å². The van der Waals surface area contributed by atoms with Crippen LogP contribution in [0.3, 0.4) is 0 Å². The SMILES string of the molecule is C[C@@H](Cn1cccn1)NC(=O)N[C@H](C)c1cccs1. The summed E-state index contributed by atoms with van der Waals surface area (Å²) < 4.78 is 1.80. The van der Waals surface area contributed by atoms with Crippen LogP contribution in [-0.2, 0) is 6.54 Å². The molecule has 5 nitrogen and oxygen atoms in total. The summed E-state index contributed by atoms with van der Waals surface area (Å²) in [5, 5.41) is 11.9. The molecular weight excluding hydrogens is 260 g/mol. The van der Waals surface area contributed by atoms with Crippen molar-refractivity contribution in [1.29, 1.82) is 0 Å². The topological polar surface area (TPSA) is 59.0 Å². The van der Waals surface area contributed by atoms with E-state index < -0.39 is 0 Å². The molecule has 6 heteroatoms. The maximum Gasteiger partial charge on any atom is 0.315 e. The fourth-order valence-corrected chi connectivity index (χ4v) is 2.54. The van der Waals surface area contributed by atoms with E-state index in [9.17, 15) is 4.79 Å². The smallest absolute Gasteiger partial charge is 0.315 e. The van der Waals surface area contributed by atoms with Gasteiger partial charge in [0.15, 0.2) is 0 Å². The first-order chi connectivity index (χ1) is 9.15. The Labute approximate surface area is 116 Å². The number of nitrogens with one attached hydrogen (secondary N) is 2. The second-order valence-corrected chi connectivity index (χ2v) is 5.46. The largest absolute Gasteiger partial charge is 0.334 e. The highest BCUT2D eigenvalue weighted by atomic mass is 32.1. The lowest BCUT2D eigenvalue weighted by atomic mass is 10.3. The summed E-state index contributed by atoms with van der Waals surface area (Å²) >= 11 is 1.64. The maximum absolute atomic E-state index is 11.8. The highest BCUT2D eigenvalue weighted by molar-refractivity contribution is 7.10. The van der Waals surface area contributed by atoms with Crippen LogP contribution in [0.1, 0.15) is 24.8 Å². The Bertz CT molecular complexity index is 495. The second kappa shape index (κ2) is 6.38. The zero-order chi connectivity index (χ0) is 13.7. The molecule has 2 aromatic rings. The molecule has 2 N–H and O–H groups in total. The average molecular weight is 278 g/mol. The molecule has 0 aliphatic carbocycles. The number of nitrogens with zero attached hydrogens (tertiary/aromatic N) is 2. The third kappa shape index (κ3) is 4.10. The molecule has 0 aliphatic heterocycles. The third-order valence-corrected chi connectivity index (χ3v) is 3.77. The number of thiophene rings is 1. The Hall–Kier alpha value is -1.82. The molecule has 0 bridgehead atoms. The van der Waals surface area contributed by atoms with Crippen molar-refractivity contribution in [1.82, 2.24) is 20.4 Å². The van der Waals surface area contributed by atoms with Crippen LogP contribution in [0.4, 0.5) is 4.79 Å². The predicted octanol–water partition coefficient (Wildman–Crippen LogP) is 2.39. The molecule has 0 fully saturated rings. The molecular formula is C13H18N4OS. The van der Waals surface area contributed by atoms with Gasteiger partial charge in [0.2, 0.25) is 0 Å². The van der Waals surface area contributed by atoms with Crippen LogP contribution in [0.2, 0.25) is 0 Å². The summed E-state index contributed by atoms with van der Waals surface area (Å²) in [6.45, 7) is 4.59.